The quantitative estimate of drug-likeness (QED) is 0.774. The van der Waals surface area contributed by atoms with Crippen molar-refractivity contribution in [2.24, 2.45) is 5.73 Å². The third-order valence-electron chi connectivity index (χ3n) is 2.93. The molecule has 90 valence electrons. The van der Waals surface area contributed by atoms with Crippen molar-refractivity contribution in [2.45, 2.75) is 44.8 Å². The molecular formula is C11H20N4O. The molecule has 1 unspecified atom stereocenters. The smallest absolute Gasteiger partial charge is 0.0827 e. The van der Waals surface area contributed by atoms with Crippen LogP contribution in [0, 0.1) is 0 Å². The second-order valence-electron chi connectivity index (χ2n) is 4.29. The summed E-state index contributed by atoms with van der Waals surface area (Å²) in [4.78, 5) is 0. The van der Waals surface area contributed by atoms with Gasteiger partial charge in [-0.2, -0.15) is 0 Å². The van der Waals surface area contributed by atoms with Gasteiger partial charge >= 0.3 is 0 Å². The topological polar surface area (TPSA) is 66.0 Å². The number of aryl methyl sites for hydroxylation is 2. The third kappa shape index (κ3) is 3.28. The highest BCUT2D eigenvalue weighted by atomic mass is 16.5. The van der Waals surface area contributed by atoms with Gasteiger partial charge in [-0.1, -0.05) is 5.21 Å². The molecule has 0 aliphatic carbocycles. The lowest BCUT2D eigenvalue weighted by Gasteiger charge is -2.07. The first-order valence-corrected chi connectivity index (χ1v) is 6.09. The maximum atomic E-state index is 5.57. The molecule has 1 aromatic rings. The fraction of sp³-hybridized carbons (Fsp3) is 0.818. The average Bonchev–Trinajstić information content (AvgIpc) is 2.95. The minimum atomic E-state index is 0.427. The van der Waals surface area contributed by atoms with Gasteiger partial charge in [-0.15, -0.1) is 5.10 Å². The van der Waals surface area contributed by atoms with Crippen LogP contribution in [0.4, 0.5) is 0 Å². The molecule has 2 heterocycles. The summed E-state index contributed by atoms with van der Waals surface area (Å²) in [6.45, 7) is 2.53. The van der Waals surface area contributed by atoms with Crippen LogP contribution in [0.1, 0.15) is 31.4 Å². The van der Waals surface area contributed by atoms with Crippen molar-refractivity contribution in [3.8, 4) is 0 Å². The summed E-state index contributed by atoms with van der Waals surface area (Å²) in [6.07, 6.45) is 7.78. The molecule has 0 bridgehead atoms. The van der Waals surface area contributed by atoms with Gasteiger partial charge in [0.25, 0.3) is 0 Å². The van der Waals surface area contributed by atoms with E-state index in [2.05, 4.69) is 10.3 Å². The van der Waals surface area contributed by atoms with E-state index in [-0.39, 0.29) is 0 Å². The summed E-state index contributed by atoms with van der Waals surface area (Å²) in [6, 6.07) is 0. The Balaban J connectivity index is 1.73. The number of ether oxygens (including phenoxy) is 1. The van der Waals surface area contributed by atoms with Crippen molar-refractivity contribution >= 4 is 0 Å². The van der Waals surface area contributed by atoms with Gasteiger partial charge in [0.1, 0.15) is 0 Å². The fourth-order valence-electron chi connectivity index (χ4n) is 1.99. The highest BCUT2D eigenvalue weighted by Gasteiger charge is 2.15. The Morgan fingerprint density at radius 1 is 1.56 bits per heavy atom. The van der Waals surface area contributed by atoms with Crippen LogP contribution < -0.4 is 5.73 Å². The van der Waals surface area contributed by atoms with Gasteiger partial charge in [-0.25, -0.2) is 0 Å². The zero-order valence-corrected chi connectivity index (χ0v) is 9.64. The number of nitrogens with zero attached hydrogens (tertiary/aromatic N) is 3. The van der Waals surface area contributed by atoms with Crippen molar-refractivity contribution in [3.63, 3.8) is 0 Å². The first-order valence-electron chi connectivity index (χ1n) is 6.09. The molecule has 1 atom stereocenters. The molecule has 1 fully saturated rings. The molecule has 5 heteroatoms. The molecule has 0 radical (unpaired) electrons. The van der Waals surface area contributed by atoms with Crippen molar-refractivity contribution in [3.05, 3.63) is 11.9 Å². The second kappa shape index (κ2) is 5.96. The Kier molecular flexibility index (Phi) is 4.30. The Hall–Kier alpha value is -0.940. The van der Waals surface area contributed by atoms with Gasteiger partial charge in [-0.3, -0.25) is 4.68 Å². The van der Waals surface area contributed by atoms with E-state index in [1.807, 2.05) is 10.9 Å². The summed E-state index contributed by atoms with van der Waals surface area (Å²) < 4.78 is 7.48. The molecule has 5 nitrogen and oxygen atoms in total. The summed E-state index contributed by atoms with van der Waals surface area (Å²) in [5, 5.41) is 8.22. The SMILES string of the molecule is NCCCc1cn(CCC2CCCO2)nn1. The maximum Gasteiger partial charge on any atom is 0.0827 e. The van der Waals surface area contributed by atoms with E-state index in [4.69, 9.17) is 10.5 Å². The Morgan fingerprint density at radius 3 is 3.25 bits per heavy atom. The van der Waals surface area contributed by atoms with Gasteiger partial charge in [0.15, 0.2) is 0 Å². The van der Waals surface area contributed by atoms with Crippen LogP contribution in [0.25, 0.3) is 0 Å². The molecule has 0 saturated carbocycles. The molecule has 1 aliphatic rings. The van der Waals surface area contributed by atoms with E-state index >= 15 is 0 Å². The van der Waals surface area contributed by atoms with Gasteiger partial charge in [-0.05, 0) is 38.6 Å². The summed E-state index contributed by atoms with van der Waals surface area (Å²) in [5.74, 6) is 0. The van der Waals surface area contributed by atoms with Crippen LogP contribution in [0.5, 0.6) is 0 Å². The molecule has 16 heavy (non-hydrogen) atoms. The second-order valence-corrected chi connectivity index (χ2v) is 4.29. The molecule has 1 aliphatic heterocycles. The van der Waals surface area contributed by atoms with E-state index in [0.29, 0.717) is 12.6 Å². The standard InChI is InChI=1S/C11H20N4O/c12-6-1-3-10-9-15(14-13-10)7-5-11-4-2-8-16-11/h9,11H,1-8,12H2. The molecule has 2 rings (SSSR count). The summed E-state index contributed by atoms with van der Waals surface area (Å²) in [5.41, 5.74) is 6.49. The highest BCUT2D eigenvalue weighted by Crippen LogP contribution is 2.15. The fourth-order valence-corrected chi connectivity index (χ4v) is 1.99. The van der Waals surface area contributed by atoms with Gasteiger partial charge in [0.05, 0.1) is 11.8 Å². The number of aromatic nitrogens is 3. The van der Waals surface area contributed by atoms with Crippen molar-refractivity contribution in [1.82, 2.24) is 15.0 Å². The van der Waals surface area contributed by atoms with E-state index in [1.165, 1.54) is 12.8 Å². The van der Waals surface area contributed by atoms with Gasteiger partial charge < -0.3 is 10.5 Å². The van der Waals surface area contributed by atoms with Crippen LogP contribution in [0.2, 0.25) is 0 Å². The molecule has 0 amide bonds. The number of hydrogen-bond donors (Lipinski definition) is 1. The highest BCUT2D eigenvalue weighted by molar-refractivity contribution is 4.92. The summed E-state index contributed by atoms with van der Waals surface area (Å²) in [7, 11) is 0. The summed E-state index contributed by atoms with van der Waals surface area (Å²) >= 11 is 0. The predicted octanol–water partition coefficient (Wildman–Crippen LogP) is 0.738. The van der Waals surface area contributed by atoms with Crippen LogP contribution in [-0.4, -0.2) is 34.2 Å². The van der Waals surface area contributed by atoms with Crippen LogP contribution in [0.15, 0.2) is 6.20 Å². The largest absolute Gasteiger partial charge is 0.378 e. The molecule has 0 aromatic carbocycles. The maximum absolute atomic E-state index is 5.57. The lowest BCUT2D eigenvalue weighted by Crippen LogP contribution is -2.10. The Morgan fingerprint density at radius 2 is 2.50 bits per heavy atom. The number of hydrogen-bond acceptors (Lipinski definition) is 4. The zero-order valence-electron chi connectivity index (χ0n) is 9.64. The average molecular weight is 224 g/mol. The van der Waals surface area contributed by atoms with Gasteiger partial charge in [0.2, 0.25) is 0 Å². The van der Waals surface area contributed by atoms with E-state index in [1.54, 1.807) is 0 Å². The third-order valence-corrected chi connectivity index (χ3v) is 2.93. The minimum absolute atomic E-state index is 0.427. The molecule has 0 spiro atoms. The monoisotopic (exact) mass is 224 g/mol. The lowest BCUT2D eigenvalue weighted by molar-refractivity contribution is 0.0993. The molecular weight excluding hydrogens is 204 g/mol. The van der Waals surface area contributed by atoms with E-state index in [9.17, 15) is 0 Å². The Labute approximate surface area is 96.0 Å². The Bertz CT molecular complexity index is 307. The van der Waals surface area contributed by atoms with Crippen molar-refractivity contribution in [2.75, 3.05) is 13.2 Å². The van der Waals surface area contributed by atoms with E-state index < -0.39 is 0 Å². The molecule has 1 saturated heterocycles. The van der Waals surface area contributed by atoms with Crippen molar-refractivity contribution in [1.29, 1.82) is 0 Å². The molecule has 2 N–H and O–H groups in total. The normalized spacial score (nSPS) is 20.4. The number of nitrogens with two attached hydrogens (primary N) is 1. The van der Waals surface area contributed by atoms with Crippen LogP contribution >= 0.6 is 0 Å². The van der Waals surface area contributed by atoms with Crippen LogP contribution in [0.3, 0.4) is 0 Å². The number of rotatable bonds is 6. The molecule has 1 aromatic heterocycles. The lowest BCUT2D eigenvalue weighted by atomic mass is 10.2. The van der Waals surface area contributed by atoms with E-state index in [0.717, 1.165) is 38.1 Å². The van der Waals surface area contributed by atoms with Gasteiger partial charge in [0, 0.05) is 19.3 Å². The van der Waals surface area contributed by atoms with Crippen molar-refractivity contribution < 1.29 is 4.74 Å². The van der Waals surface area contributed by atoms with Crippen LogP contribution in [-0.2, 0) is 17.7 Å². The predicted molar refractivity (Wildman–Crippen MR) is 61.0 cm³/mol. The zero-order chi connectivity index (χ0) is 11.2. The first-order chi connectivity index (χ1) is 7.88. The minimum Gasteiger partial charge on any atom is -0.378 e. The first kappa shape index (κ1) is 11.5.